The van der Waals surface area contributed by atoms with Gasteiger partial charge in [-0.3, -0.25) is 0 Å². The van der Waals surface area contributed by atoms with Gasteiger partial charge in [0.25, 0.3) is 0 Å². The van der Waals surface area contributed by atoms with Gasteiger partial charge in [0.2, 0.25) is 0 Å². The summed E-state index contributed by atoms with van der Waals surface area (Å²) in [5, 5.41) is 12.7. The standard InChI is InChI=1S/C24H36ClNO/c1-18-10-13-26(14-11-18)17-23(20-7-4-8-22(25)15-20)24(27)12-9-19-5-2-3-6-21(19)16-24/h4,7-8,15,18-19,21,23,27H,2-3,5-6,9-14,16-17H2,1H3. The lowest BCUT2D eigenvalue weighted by atomic mass is 9.61. The molecule has 1 aromatic carbocycles. The molecular formula is C24H36ClNO. The lowest BCUT2D eigenvalue weighted by Crippen LogP contribution is -2.49. The highest BCUT2D eigenvalue weighted by Crippen LogP contribution is 2.49. The molecule has 1 N–H and O–H groups in total. The third-order valence-electron chi connectivity index (χ3n) is 7.85. The topological polar surface area (TPSA) is 23.5 Å². The Kier molecular flexibility index (Phi) is 6.16. The highest BCUT2D eigenvalue weighted by atomic mass is 35.5. The molecule has 0 aromatic heterocycles. The van der Waals surface area contributed by atoms with E-state index in [2.05, 4.69) is 30.0 Å². The van der Waals surface area contributed by atoms with Crippen molar-refractivity contribution in [3.63, 3.8) is 0 Å². The summed E-state index contributed by atoms with van der Waals surface area (Å²) in [5.41, 5.74) is 0.657. The van der Waals surface area contributed by atoms with Crippen LogP contribution in [0.25, 0.3) is 0 Å². The Hall–Kier alpha value is -0.570. The Morgan fingerprint density at radius 1 is 1.11 bits per heavy atom. The van der Waals surface area contributed by atoms with Crippen LogP contribution in [0.3, 0.4) is 0 Å². The fourth-order valence-electron chi connectivity index (χ4n) is 6.05. The molecule has 2 saturated carbocycles. The second kappa shape index (κ2) is 8.43. The van der Waals surface area contributed by atoms with E-state index in [0.717, 1.165) is 42.2 Å². The number of halogens is 1. The highest BCUT2D eigenvalue weighted by molar-refractivity contribution is 6.30. The predicted octanol–water partition coefficient (Wildman–Crippen LogP) is 5.88. The molecule has 2 aliphatic carbocycles. The zero-order chi connectivity index (χ0) is 18.9. The second-order valence-electron chi connectivity index (χ2n) is 9.74. The van der Waals surface area contributed by atoms with Crippen LogP contribution < -0.4 is 0 Å². The Labute approximate surface area is 170 Å². The quantitative estimate of drug-likeness (QED) is 0.695. The van der Waals surface area contributed by atoms with Gasteiger partial charge in [0.1, 0.15) is 0 Å². The molecule has 0 amide bonds. The first-order valence-electron chi connectivity index (χ1n) is 11.2. The molecule has 4 rings (SSSR count). The number of aliphatic hydroxyl groups is 1. The van der Waals surface area contributed by atoms with Gasteiger partial charge in [-0.1, -0.05) is 56.3 Å². The van der Waals surface area contributed by atoms with Crippen LogP contribution in [0.15, 0.2) is 24.3 Å². The van der Waals surface area contributed by atoms with Gasteiger partial charge in [0.15, 0.2) is 0 Å². The highest BCUT2D eigenvalue weighted by Gasteiger charge is 2.46. The van der Waals surface area contributed by atoms with E-state index in [9.17, 15) is 5.11 Å². The lowest BCUT2D eigenvalue weighted by molar-refractivity contribution is -0.0718. The molecule has 150 valence electrons. The van der Waals surface area contributed by atoms with Crippen LogP contribution >= 0.6 is 11.6 Å². The minimum absolute atomic E-state index is 0.174. The number of hydrogen-bond acceptors (Lipinski definition) is 2. The maximum Gasteiger partial charge on any atom is 0.0731 e. The smallest absolute Gasteiger partial charge is 0.0731 e. The molecule has 4 unspecified atom stereocenters. The molecule has 4 atom stereocenters. The van der Waals surface area contributed by atoms with Crippen LogP contribution in [0, 0.1) is 17.8 Å². The normalized spacial score (nSPS) is 34.2. The van der Waals surface area contributed by atoms with E-state index in [1.54, 1.807) is 0 Å². The number of rotatable bonds is 4. The third kappa shape index (κ3) is 4.54. The van der Waals surface area contributed by atoms with Crippen molar-refractivity contribution in [2.75, 3.05) is 19.6 Å². The number of fused-ring (bicyclic) bond motifs is 1. The lowest BCUT2D eigenvalue weighted by Gasteiger charge is -2.49. The maximum atomic E-state index is 11.9. The van der Waals surface area contributed by atoms with Gasteiger partial charge in [-0.25, -0.2) is 0 Å². The average molecular weight is 390 g/mol. The fraction of sp³-hybridized carbons (Fsp3) is 0.750. The SMILES string of the molecule is CC1CCN(CC(c2cccc(Cl)c2)C2(O)CCC3CCCCC3C2)CC1. The summed E-state index contributed by atoms with van der Waals surface area (Å²) < 4.78 is 0. The van der Waals surface area contributed by atoms with E-state index in [-0.39, 0.29) is 5.92 Å². The van der Waals surface area contributed by atoms with Gasteiger partial charge in [-0.05, 0) is 80.6 Å². The average Bonchev–Trinajstić information content (AvgIpc) is 2.67. The Morgan fingerprint density at radius 3 is 2.59 bits per heavy atom. The Balaban J connectivity index is 1.56. The molecular weight excluding hydrogens is 354 g/mol. The first kappa shape index (κ1) is 19.7. The van der Waals surface area contributed by atoms with Crippen molar-refractivity contribution in [3.8, 4) is 0 Å². The molecule has 2 nitrogen and oxygen atoms in total. The Bertz CT molecular complexity index is 627. The summed E-state index contributed by atoms with van der Waals surface area (Å²) >= 11 is 6.35. The van der Waals surface area contributed by atoms with Crippen molar-refractivity contribution in [3.05, 3.63) is 34.9 Å². The van der Waals surface area contributed by atoms with Crippen molar-refractivity contribution < 1.29 is 5.11 Å². The minimum Gasteiger partial charge on any atom is -0.389 e. The van der Waals surface area contributed by atoms with Crippen LogP contribution in [0.1, 0.15) is 76.2 Å². The summed E-state index contributed by atoms with van der Waals surface area (Å²) in [4.78, 5) is 2.59. The largest absolute Gasteiger partial charge is 0.389 e. The van der Waals surface area contributed by atoms with Gasteiger partial charge >= 0.3 is 0 Å². The van der Waals surface area contributed by atoms with Gasteiger partial charge in [-0.15, -0.1) is 0 Å². The molecule has 3 heteroatoms. The van der Waals surface area contributed by atoms with E-state index >= 15 is 0 Å². The Morgan fingerprint density at radius 2 is 1.85 bits per heavy atom. The molecule has 3 aliphatic rings. The molecule has 1 aliphatic heterocycles. The molecule has 1 saturated heterocycles. The number of likely N-dealkylation sites (tertiary alicyclic amines) is 1. The first-order chi connectivity index (χ1) is 13.0. The van der Waals surface area contributed by atoms with Gasteiger partial charge < -0.3 is 10.0 Å². The number of piperidine rings is 1. The van der Waals surface area contributed by atoms with E-state index in [0.29, 0.717) is 0 Å². The second-order valence-corrected chi connectivity index (χ2v) is 10.2. The number of benzene rings is 1. The minimum atomic E-state index is -0.577. The van der Waals surface area contributed by atoms with Crippen LogP contribution in [0.4, 0.5) is 0 Å². The van der Waals surface area contributed by atoms with Crippen molar-refractivity contribution in [2.24, 2.45) is 17.8 Å². The predicted molar refractivity (Wildman–Crippen MR) is 113 cm³/mol. The van der Waals surface area contributed by atoms with Crippen molar-refractivity contribution in [1.29, 1.82) is 0 Å². The molecule has 0 bridgehead atoms. The summed E-state index contributed by atoms with van der Waals surface area (Å²) in [6.45, 7) is 5.67. The van der Waals surface area contributed by atoms with Crippen molar-refractivity contribution in [1.82, 2.24) is 4.90 Å². The van der Waals surface area contributed by atoms with E-state index < -0.39 is 5.60 Å². The molecule has 3 fully saturated rings. The maximum absolute atomic E-state index is 11.9. The van der Waals surface area contributed by atoms with Crippen molar-refractivity contribution in [2.45, 2.75) is 76.2 Å². The molecule has 0 spiro atoms. The molecule has 1 aromatic rings. The zero-order valence-corrected chi connectivity index (χ0v) is 17.6. The van der Waals surface area contributed by atoms with Gasteiger partial charge in [0.05, 0.1) is 5.60 Å². The summed E-state index contributed by atoms with van der Waals surface area (Å²) in [5.74, 6) is 2.59. The first-order valence-corrected chi connectivity index (χ1v) is 11.6. The molecule has 1 heterocycles. The van der Waals surface area contributed by atoms with Crippen LogP contribution in [0.2, 0.25) is 5.02 Å². The fourth-order valence-corrected chi connectivity index (χ4v) is 6.25. The van der Waals surface area contributed by atoms with E-state index in [1.807, 2.05) is 6.07 Å². The number of nitrogens with zero attached hydrogens (tertiary/aromatic N) is 1. The van der Waals surface area contributed by atoms with Crippen LogP contribution in [-0.4, -0.2) is 35.2 Å². The van der Waals surface area contributed by atoms with Crippen molar-refractivity contribution >= 4 is 11.6 Å². The molecule has 0 radical (unpaired) electrons. The molecule has 27 heavy (non-hydrogen) atoms. The van der Waals surface area contributed by atoms with Gasteiger partial charge in [-0.2, -0.15) is 0 Å². The monoisotopic (exact) mass is 389 g/mol. The van der Waals surface area contributed by atoms with Crippen LogP contribution in [-0.2, 0) is 0 Å². The van der Waals surface area contributed by atoms with E-state index in [4.69, 9.17) is 11.6 Å². The van der Waals surface area contributed by atoms with Crippen LogP contribution in [0.5, 0.6) is 0 Å². The summed E-state index contributed by atoms with van der Waals surface area (Å²) in [6, 6.07) is 8.29. The third-order valence-corrected chi connectivity index (χ3v) is 8.08. The zero-order valence-electron chi connectivity index (χ0n) is 16.9. The summed E-state index contributed by atoms with van der Waals surface area (Å²) in [6.07, 6.45) is 11.1. The number of hydrogen-bond donors (Lipinski definition) is 1. The van der Waals surface area contributed by atoms with E-state index in [1.165, 1.54) is 63.6 Å². The summed E-state index contributed by atoms with van der Waals surface area (Å²) in [7, 11) is 0. The van der Waals surface area contributed by atoms with Gasteiger partial charge in [0, 0.05) is 17.5 Å².